The fourth-order valence-corrected chi connectivity index (χ4v) is 4.53. The predicted octanol–water partition coefficient (Wildman–Crippen LogP) is 2.69. The van der Waals surface area contributed by atoms with Crippen LogP contribution in [0.3, 0.4) is 0 Å². The molecule has 4 N–H and O–H groups in total. The first kappa shape index (κ1) is 23.0. The molecule has 4 heterocycles. The lowest BCUT2D eigenvalue weighted by Crippen LogP contribution is -2.40. The van der Waals surface area contributed by atoms with Crippen LogP contribution in [0.4, 0.5) is 5.82 Å². The highest BCUT2D eigenvalue weighted by Gasteiger charge is 2.29. The van der Waals surface area contributed by atoms with E-state index in [0.717, 1.165) is 33.7 Å². The van der Waals surface area contributed by atoms with Crippen LogP contribution in [0.5, 0.6) is 0 Å². The van der Waals surface area contributed by atoms with Crippen LogP contribution in [-0.2, 0) is 7.05 Å². The quantitative estimate of drug-likeness (QED) is 0.253. The Morgan fingerprint density at radius 3 is 2.76 bits per heavy atom. The summed E-state index contributed by atoms with van der Waals surface area (Å²) >= 11 is 0. The van der Waals surface area contributed by atoms with Crippen molar-refractivity contribution in [3.05, 3.63) is 102 Å². The third kappa shape index (κ3) is 4.02. The lowest BCUT2D eigenvalue weighted by atomic mass is 10.1. The first-order valence-corrected chi connectivity index (χ1v) is 12.0. The highest BCUT2D eigenvalue weighted by molar-refractivity contribution is 6.04. The zero-order valence-electron chi connectivity index (χ0n) is 20.8. The number of nitrogens with one attached hydrogen (secondary N) is 2. The number of carbonyl (C=O) groups is 1. The fraction of sp³-hybridized carbons (Fsp3) is 0.107. The van der Waals surface area contributed by atoms with Gasteiger partial charge in [0.05, 0.1) is 17.3 Å². The number of aryl methyl sites for hydroxylation is 1. The van der Waals surface area contributed by atoms with E-state index in [-0.39, 0.29) is 17.3 Å². The molecule has 0 radical (unpaired) electrons. The first-order valence-electron chi connectivity index (χ1n) is 12.0. The number of aromatic amines is 1. The standard InChI is InChI=1S/C28H23N9O/c1-18(32-28(38)23-25(29)34-36-15-7-14-30-27(23)36)26-33-22-11-6-8-20(13-12-19-16-31-35(2)17-19)24(22)37(26)21-9-4-3-5-10-21/h3-11,14-18H,1-2H3,(H3,29,32,34,38)/p+1/t18-/m1/s1. The molecule has 0 unspecified atom stereocenters. The van der Waals surface area contributed by atoms with E-state index in [1.54, 1.807) is 29.3 Å². The summed E-state index contributed by atoms with van der Waals surface area (Å²) in [7, 11) is 1.86. The Balaban J connectivity index is 1.45. The van der Waals surface area contributed by atoms with Gasteiger partial charge in [-0.2, -0.15) is 9.67 Å². The van der Waals surface area contributed by atoms with E-state index in [4.69, 9.17) is 5.73 Å². The average molecular weight is 503 g/mol. The first-order chi connectivity index (χ1) is 18.5. The number of imidazole rings is 1. The van der Waals surface area contributed by atoms with Gasteiger partial charge in [0.1, 0.15) is 17.3 Å². The van der Waals surface area contributed by atoms with Gasteiger partial charge >= 0.3 is 0 Å². The molecule has 4 aromatic heterocycles. The highest BCUT2D eigenvalue weighted by atomic mass is 16.1. The summed E-state index contributed by atoms with van der Waals surface area (Å²) in [5, 5.41) is 11.5. The molecular formula is C28H24N9O+. The van der Waals surface area contributed by atoms with Gasteiger partial charge in [0.2, 0.25) is 0 Å². The van der Waals surface area contributed by atoms with Gasteiger partial charge < -0.3 is 11.1 Å². The second-order valence-corrected chi connectivity index (χ2v) is 8.88. The van der Waals surface area contributed by atoms with Gasteiger partial charge in [0.25, 0.3) is 11.7 Å². The van der Waals surface area contributed by atoms with Gasteiger partial charge in [0.15, 0.2) is 22.5 Å². The van der Waals surface area contributed by atoms with Gasteiger partial charge in [-0.25, -0.2) is 14.5 Å². The van der Waals surface area contributed by atoms with Crippen molar-refractivity contribution in [3.63, 3.8) is 0 Å². The van der Waals surface area contributed by atoms with E-state index in [1.165, 1.54) is 4.52 Å². The zero-order chi connectivity index (χ0) is 26.2. The van der Waals surface area contributed by atoms with Gasteiger partial charge in [-0.1, -0.05) is 36.1 Å². The lowest BCUT2D eigenvalue weighted by Gasteiger charge is -2.11. The molecule has 38 heavy (non-hydrogen) atoms. The van der Waals surface area contributed by atoms with Gasteiger partial charge in [-0.05, 0) is 37.3 Å². The van der Waals surface area contributed by atoms with Crippen LogP contribution in [0, 0.1) is 11.8 Å². The molecule has 10 heteroatoms. The van der Waals surface area contributed by atoms with Crippen molar-refractivity contribution in [2.24, 2.45) is 7.05 Å². The molecule has 0 aliphatic rings. The Morgan fingerprint density at radius 1 is 1.13 bits per heavy atom. The number of benzene rings is 2. The van der Waals surface area contributed by atoms with Gasteiger partial charge in [0, 0.05) is 25.6 Å². The van der Waals surface area contributed by atoms with Crippen molar-refractivity contribution in [2.45, 2.75) is 13.0 Å². The third-order valence-electron chi connectivity index (χ3n) is 6.23. The molecule has 0 aliphatic heterocycles. The van der Waals surface area contributed by atoms with E-state index in [9.17, 15) is 4.79 Å². The van der Waals surface area contributed by atoms with E-state index >= 15 is 0 Å². The van der Waals surface area contributed by atoms with E-state index < -0.39 is 6.04 Å². The van der Waals surface area contributed by atoms with Crippen molar-refractivity contribution >= 4 is 28.4 Å². The van der Waals surface area contributed by atoms with E-state index in [1.807, 2.05) is 68.7 Å². The highest BCUT2D eigenvalue weighted by Crippen LogP contribution is 2.22. The lowest BCUT2D eigenvalue weighted by molar-refractivity contribution is -0.578. The number of nitrogens with two attached hydrogens (primary N) is 1. The molecule has 0 aliphatic carbocycles. The summed E-state index contributed by atoms with van der Waals surface area (Å²) in [6.07, 6.45) is 6.92. The summed E-state index contributed by atoms with van der Waals surface area (Å²) < 4.78 is 5.31. The van der Waals surface area contributed by atoms with Crippen molar-refractivity contribution in [1.29, 1.82) is 0 Å². The average Bonchev–Trinajstić information content (AvgIpc) is 3.62. The van der Waals surface area contributed by atoms with Crippen molar-refractivity contribution in [3.8, 4) is 17.5 Å². The van der Waals surface area contributed by atoms with Crippen LogP contribution in [0.25, 0.3) is 22.4 Å². The smallest absolute Gasteiger partial charge is 0.283 e. The Hall–Kier alpha value is -5.43. The Labute approximate surface area is 217 Å². The second kappa shape index (κ2) is 9.22. The molecule has 0 saturated heterocycles. The normalized spacial score (nSPS) is 11.8. The Kier molecular flexibility index (Phi) is 5.58. The summed E-state index contributed by atoms with van der Waals surface area (Å²) in [6.45, 7) is 1.92. The molecule has 0 spiro atoms. The van der Waals surface area contributed by atoms with Gasteiger partial charge in [-0.15, -0.1) is 5.10 Å². The molecular weight excluding hydrogens is 478 g/mol. The maximum atomic E-state index is 13.4. The zero-order valence-corrected chi connectivity index (χ0v) is 20.8. The maximum absolute atomic E-state index is 13.4. The van der Waals surface area contributed by atoms with Crippen LogP contribution in [-0.4, -0.2) is 35.3 Å². The molecule has 0 bridgehead atoms. The molecule has 0 fully saturated rings. The number of anilines is 1. The number of nitrogen functional groups attached to an aromatic ring is 1. The molecule has 2 aromatic carbocycles. The van der Waals surface area contributed by atoms with Crippen molar-refractivity contribution < 1.29 is 9.36 Å². The number of H-pyrrole nitrogens is 1. The van der Waals surface area contributed by atoms with Crippen molar-refractivity contribution in [2.75, 3.05) is 5.73 Å². The maximum Gasteiger partial charge on any atom is 0.283 e. The number of carbonyl (C=O) groups excluding carboxylic acids is 1. The molecule has 1 atom stereocenters. The number of nitrogens with zero attached hydrogens (tertiary/aromatic N) is 6. The summed E-state index contributed by atoms with van der Waals surface area (Å²) in [5.41, 5.74) is 11.1. The number of fused-ring (bicyclic) bond motifs is 2. The van der Waals surface area contributed by atoms with Crippen LogP contribution in [0.2, 0.25) is 0 Å². The van der Waals surface area contributed by atoms with Gasteiger partial charge in [-0.3, -0.25) is 9.48 Å². The second-order valence-electron chi connectivity index (χ2n) is 8.88. The number of aromatic nitrogens is 7. The molecule has 0 saturated carbocycles. The summed E-state index contributed by atoms with van der Waals surface area (Å²) in [6, 6.07) is 17.2. The Bertz CT molecular complexity index is 1870. The SMILES string of the molecule is C[C@@H](NC(=O)c1c(N)nn2cccnc12)c1[nH]c2cccc(C#Cc3cnn(C)c3)c2[n+]1-c1ccccc1. The largest absolute Gasteiger partial charge is 0.381 e. The molecule has 186 valence electrons. The molecule has 6 aromatic rings. The topological polar surface area (TPSA) is 123 Å². The number of rotatable bonds is 4. The summed E-state index contributed by atoms with van der Waals surface area (Å²) in [4.78, 5) is 21.2. The van der Waals surface area contributed by atoms with Crippen LogP contribution < -0.4 is 15.6 Å². The molecule has 6 rings (SSSR count). The minimum atomic E-state index is -0.424. The van der Waals surface area contributed by atoms with Crippen LogP contribution in [0.15, 0.2) is 79.4 Å². The minimum Gasteiger partial charge on any atom is -0.381 e. The van der Waals surface area contributed by atoms with Crippen LogP contribution in [0.1, 0.15) is 40.3 Å². The number of hydrogen-bond donors (Lipinski definition) is 3. The molecule has 1 amide bonds. The predicted molar refractivity (Wildman–Crippen MR) is 142 cm³/mol. The van der Waals surface area contributed by atoms with Crippen molar-refractivity contribution in [1.82, 2.24) is 34.7 Å². The van der Waals surface area contributed by atoms with E-state index in [2.05, 4.69) is 41.9 Å². The number of para-hydroxylation sites is 2. The summed E-state index contributed by atoms with van der Waals surface area (Å²) in [5.74, 6) is 7.04. The Morgan fingerprint density at radius 2 is 1.97 bits per heavy atom. The number of hydrogen-bond acceptors (Lipinski definition) is 5. The third-order valence-corrected chi connectivity index (χ3v) is 6.23. The van der Waals surface area contributed by atoms with Crippen LogP contribution >= 0.6 is 0 Å². The molecule has 10 nitrogen and oxygen atoms in total. The fourth-order valence-electron chi connectivity index (χ4n) is 4.53. The minimum absolute atomic E-state index is 0.119. The monoisotopic (exact) mass is 502 g/mol. The van der Waals surface area contributed by atoms with E-state index in [0.29, 0.717) is 5.65 Å². The number of amides is 1.